The Kier molecular flexibility index (Phi) is 4.39. The van der Waals surface area contributed by atoms with Gasteiger partial charge in [-0.3, -0.25) is 4.98 Å². The van der Waals surface area contributed by atoms with Crippen molar-refractivity contribution in [1.82, 2.24) is 10.3 Å². The first kappa shape index (κ1) is 13.5. The van der Waals surface area contributed by atoms with Crippen LogP contribution in [0.5, 0.6) is 0 Å². The van der Waals surface area contributed by atoms with E-state index in [0.717, 1.165) is 18.9 Å². The van der Waals surface area contributed by atoms with Crippen molar-refractivity contribution in [3.63, 3.8) is 0 Å². The first-order chi connectivity index (χ1) is 8.55. The van der Waals surface area contributed by atoms with Gasteiger partial charge in [0.05, 0.1) is 0 Å². The van der Waals surface area contributed by atoms with E-state index in [1.807, 2.05) is 12.3 Å². The number of hydrogen-bond acceptors (Lipinski definition) is 2. The van der Waals surface area contributed by atoms with E-state index < -0.39 is 0 Å². The molecule has 0 spiro atoms. The van der Waals surface area contributed by atoms with Crippen LogP contribution >= 0.6 is 0 Å². The van der Waals surface area contributed by atoms with Crippen LogP contribution in [0, 0.1) is 11.3 Å². The Labute approximate surface area is 111 Å². The number of aromatic nitrogens is 1. The van der Waals surface area contributed by atoms with Crippen molar-refractivity contribution in [2.45, 2.75) is 52.5 Å². The Morgan fingerprint density at radius 1 is 1.33 bits per heavy atom. The van der Waals surface area contributed by atoms with Crippen LogP contribution in [0.4, 0.5) is 0 Å². The van der Waals surface area contributed by atoms with E-state index in [2.05, 4.69) is 43.2 Å². The van der Waals surface area contributed by atoms with Gasteiger partial charge < -0.3 is 5.32 Å². The average Bonchev–Trinajstić information content (AvgIpc) is 2.27. The molecule has 18 heavy (non-hydrogen) atoms. The van der Waals surface area contributed by atoms with Gasteiger partial charge in [-0.05, 0) is 42.7 Å². The van der Waals surface area contributed by atoms with Gasteiger partial charge in [0.2, 0.25) is 0 Å². The molecule has 100 valence electrons. The topological polar surface area (TPSA) is 24.9 Å². The number of hydrogen-bond donors (Lipinski definition) is 1. The van der Waals surface area contributed by atoms with Crippen LogP contribution in [-0.2, 0) is 6.42 Å². The molecule has 1 N–H and O–H groups in total. The second-order valence-electron chi connectivity index (χ2n) is 6.64. The zero-order valence-electron chi connectivity index (χ0n) is 11.9. The monoisotopic (exact) mass is 246 g/mol. The van der Waals surface area contributed by atoms with Crippen molar-refractivity contribution in [2.75, 3.05) is 6.54 Å². The minimum atomic E-state index is 0.500. The Hall–Kier alpha value is -0.890. The summed E-state index contributed by atoms with van der Waals surface area (Å²) in [7, 11) is 0. The molecule has 0 saturated heterocycles. The lowest BCUT2D eigenvalue weighted by Gasteiger charge is -2.39. The number of rotatable bonds is 4. The quantitative estimate of drug-likeness (QED) is 0.880. The summed E-state index contributed by atoms with van der Waals surface area (Å²) in [5.41, 5.74) is 1.69. The second kappa shape index (κ2) is 5.83. The predicted molar refractivity (Wildman–Crippen MR) is 76.5 cm³/mol. The van der Waals surface area contributed by atoms with Gasteiger partial charge in [0.25, 0.3) is 0 Å². The molecule has 0 amide bonds. The Balaban J connectivity index is 1.76. The van der Waals surface area contributed by atoms with E-state index in [1.54, 1.807) is 0 Å². The fourth-order valence-corrected chi connectivity index (χ4v) is 3.45. The van der Waals surface area contributed by atoms with Crippen molar-refractivity contribution in [3.8, 4) is 0 Å². The van der Waals surface area contributed by atoms with Crippen molar-refractivity contribution in [1.29, 1.82) is 0 Å². The molecule has 1 aliphatic carbocycles. The van der Waals surface area contributed by atoms with Gasteiger partial charge in [-0.2, -0.15) is 0 Å². The molecule has 0 aliphatic heterocycles. The number of nitrogens with one attached hydrogen (secondary N) is 1. The van der Waals surface area contributed by atoms with Crippen LogP contribution in [-0.4, -0.2) is 17.6 Å². The van der Waals surface area contributed by atoms with E-state index in [-0.39, 0.29) is 0 Å². The molecule has 2 unspecified atom stereocenters. The van der Waals surface area contributed by atoms with E-state index in [0.29, 0.717) is 11.5 Å². The molecule has 2 rings (SSSR count). The second-order valence-corrected chi connectivity index (χ2v) is 6.64. The van der Waals surface area contributed by atoms with Gasteiger partial charge in [-0.1, -0.05) is 26.8 Å². The minimum Gasteiger partial charge on any atom is -0.314 e. The van der Waals surface area contributed by atoms with Gasteiger partial charge in [-0.25, -0.2) is 0 Å². The molecule has 0 radical (unpaired) electrons. The largest absolute Gasteiger partial charge is 0.314 e. The Bertz CT molecular complexity index is 359. The third-order valence-electron chi connectivity index (χ3n) is 3.93. The summed E-state index contributed by atoms with van der Waals surface area (Å²) in [6, 6.07) is 6.83. The number of pyridine rings is 1. The minimum absolute atomic E-state index is 0.500. The molecule has 0 bridgehead atoms. The highest BCUT2D eigenvalue weighted by atomic mass is 14.9. The number of nitrogens with zero attached hydrogens (tertiary/aromatic N) is 1. The molecule has 2 heteroatoms. The summed E-state index contributed by atoms with van der Waals surface area (Å²) in [6.07, 6.45) is 6.91. The lowest BCUT2D eigenvalue weighted by atomic mass is 9.70. The highest BCUT2D eigenvalue weighted by Crippen LogP contribution is 2.38. The molecular weight excluding hydrogens is 220 g/mol. The zero-order valence-corrected chi connectivity index (χ0v) is 11.9. The molecule has 2 atom stereocenters. The summed E-state index contributed by atoms with van der Waals surface area (Å²) in [5, 5.41) is 3.72. The summed E-state index contributed by atoms with van der Waals surface area (Å²) >= 11 is 0. The maximum absolute atomic E-state index is 4.36. The fourth-order valence-electron chi connectivity index (χ4n) is 3.45. The average molecular weight is 246 g/mol. The van der Waals surface area contributed by atoms with Crippen molar-refractivity contribution in [2.24, 2.45) is 11.3 Å². The van der Waals surface area contributed by atoms with Gasteiger partial charge >= 0.3 is 0 Å². The first-order valence-corrected chi connectivity index (χ1v) is 7.18. The Morgan fingerprint density at radius 3 is 2.83 bits per heavy atom. The molecular formula is C16H26N2. The molecule has 1 aliphatic rings. The maximum Gasteiger partial charge on any atom is 0.0416 e. The first-order valence-electron chi connectivity index (χ1n) is 7.18. The van der Waals surface area contributed by atoms with Crippen molar-refractivity contribution >= 4 is 0 Å². The molecule has 2 nitrogen and oxygen atoms in total. The molecule has 1 aromatic heterocycles. The van der Waals surface area contributed by atoms with E-state index >= 15 is 0 Å². The van der Waals surface area contributed by atoms with Gasteiger partial charge in [0, 0.05) is 30.9 Å². The van der Waals surface area contributed by atoms with Crippen LogP contribution in [0.25, 0.3) is 0 Å². The predicted octanol–water partition coefficient (Wildman–Crippen LogP) is 3.43. The van der Waals surface area contributed by atoms with Crippen molar-refractivity contribution in [3.05, 3.63) is 30.1 Å². The standard InChI is InChI=1S/C16H26N2/c1-13-10-15(12-16(2,3)11-13)18-9-7-14-6-4-5-8-17-14/h4-6,8,13,15,18H,7,9-12H2,1-3H3. The van der Waals surface area contributed by atoms with Crippen LogP contribution in [0.1, 0.15) is 45.7 Å². The third kappa shape index (κ3) is 4.09. The molecule has 0 aromatic carbocycles. The maximum atomic E-state index is 4.36. The van der Waals surface area contributed by atoms with Gasteiger partial charge in [0.15, 0.2) is 0 Å². The van der Waals surface area contributed by atoms with Crippen LogP contribution in [0.2, 0.25) is 0 Å². The van der Waals surface area contributed by atoms with E-state index in [9.17, 15) is 0 Å². The SMILES string of the molecule is CC1CC(NCCc2ccccn2)CC(C)(C)C1. The zero-order chi connectivity index (χ0) is 13.0. The highest BCUT2D eigenvalue weighted by Gasteiger charge is 2.31. The highest BCUT2D eigenvalue weighted by molar-refractivity contribution is 5.03. The molecule has 1 aromatic rings. The normalized spacial score (nSPS) is 27.1. The summed E-state index contributed by atoms with van der Waals surface area (Å²) < 4.78 is 0. The van der Waals surface area contributed by atoms with Crippen molar-refractivity contribution < 1.29 is 0 Å². The lowest BCUT2D eigenvalue weighted by Crippen LogP contribution is -2.40. The van der Waals surface area contributed by atoms with Crippen LogP contribution in [0.15, 0.2) is 24.4 Å². The molecule has 1 fully saturated rings. The van der Waals surface area contributed by atoms with E-state index in [1.165, 1.54) is 25.0 Å². The lowest BCUT2D eigenvalue weighted by molar-refractivity contribution is 0.152. The Morgan fingerprint density at radius 2 is 2.17 bits per heavy atom. The van der Waals surface area contributed by atoms with Gasteiger partial charge in [0.1, 0.15) is 0 Å². The smallest absolute Gasteiger partial charge is 0.0416 e. The third-order valence-corrected chi connectivity index (χ3v) is 3.93. The van der Waals surface area contributed by atoms with E-state index in [4.69, 9.17) is 0 Å². The van der Waals surface area contributed by atoms with Crippen LogP contribution in [0.3, 0.4) is 0 Å². The summed E-state index contributed by atoms with van der Waals surface area (Å²) in [6.45, 7) is 8.23. The van der Waals surface area contributed by atoms with Gasteiger partial charge in [-0.15, -0.1) is 0 Å². The summed E-state index contributed by atoms with van der Waals surface area (Å²) in [4.78, 5) is 4.36. The molecule has 1 saturated carbocycles. The summed E-state index contributed by atoms with van der Waals surface area (Å²) in [5.74, 6) is 0.848. The fraction of sp³-hybridized carbons (Fsp3) is 0.688. The molecule has 1 heterocycles. The van der Waals surface area contributed by atoms with Crippen LogP contribution < -0.4 is 5.32 Å².